The topological polar surface area (TPSA) is 47.6 Å². The van der Waals surface area contributed by atoms with Gasteiger partial charge in [-0.05, 0) is 25.7 Å². The zero-order valence-corrected chi connectivity index (χ0v) is 11.7. The maximum Gasteiger partial charge on any atom is 0.223 e. The highest BCUT2D eigenvalue weighted by atomic mass is 16.7. The molecule has 1 N–H and O–H groups in total. The van der Waals surface area contributed by atoms with E-state index in [0.717, 1.165) is 25.7 Å². The van der Waals surface area contributed by atoms with Crippen LogP contribution in [0.1, 0.15) is 57.8 Å². The second-order valence-electron chi connectivity index (χ2n) is 6.25. The molecular weight excluding hydrogens is 242 g/mol. The van der Waals surface area contributed by atoms with E-state index in [0.29, 0.717) is 13.2 Å². The summed E-state index contributed by atoms with van der Waals surface area (Å²) in [6.45, 7) is 1.24. The number of nitrogens with one attached hydrogen (secondary N) is 1. The zero-order chi connectivity index (χ0) is 13.1. The van der Waals surface area contributed by atoms with Crippen LogP contribution in [-0.2, 0) is 14.3 Å². The van der Waals surface area contributed by atoms with Crippen molar-refractivity contribution < 1.29 is 14.3 Å². The molecule has 1 spiro atoms. The molecule has 0 bridgehead atoms. The van der Waals surface area contributed by atoms with Crippen molar-refractivity contribution in [2.24, 2.45) is 5.92 Å². The number of amides is 1. The van der Waals surface area contributed by atoms with E-state index in [1.165, 1.54) is 32.1 Å². The summed E-state index contributed by atoms with van der Waals surface area (Å²) in [4.78, 5) is 12.1. The van der Waals surface area contributed by atoms with Crippen LogP contribution in [0.5, 0.6) is 0 Å². The first-order valence-electron chi connectivity index (χ1n) is 7.87. The van der Waals surface area contributed by atoms with Gasteiger partial charge >= 0.3 is 0 Å². The van der Waals surface area contributed by atoms with Crippen LogP contribution in [0.4, 0.5) is 0 Å². The molecule has 4 heteroatoms. The van der Waals surface area contributed by atoms with Gasteiger partial charge in [0.2, 0.25) is 5.91 Å². The molecule has 4 nitrogen and oxygen atoms in total. The lowest BCUT2D eigenvalue weighted by molar-refractivity contribution is -0.161. The van der Waals surface area contributed by atoms with Gasteiger partial charge in [-0.25, -0.2) is 0 Å². The minimum atomic E-state index is -0.305. The lowest BCUT2D eigenvalue weighted by atomic mass is 9.89. The van der Waals surface area contributed by atoms with Gasteiger partial charge in [-0.1, -0.05) is 19.3 Å². The minimum absolute atomic E-state index is 0.0469. The van der Waals surface area contributed by atoms with E-state index >= 15 is 0 Å². The summed E-state index contributed by atoms with van der Waals surface area (Å²) in [6.07, 6.45) is 10.3. The van der Waals surface area contributed by atoms with Crippen molar-refractivity contribution >= 4 is 5.91 Å². The molecule has 3 rings (SSSR count). The van der Waals surface area contributed by atoms with E-state index in [1.807, 2.05) is 0 Å². The average Bonchev–Trinajstić information content (AvgIpc) is 3.08. The predicted molar refractivity (Wildman–Crippen MR) is 71.6 cm³/mol. The predicted octanol–water partition coefficient (Wildman–Crippen LogP) is 2.37. The highest BCUT2D eigenvalue weighted by Crippen LogP contribution is 2.39. The summed E-state index contributed by atoms with van der Waals surface area (Å²) in [6, 6.07) is 0. The number of carbonyl (C=O) groups is 1. The number of rotatable bonds is 3. The van der Waals surface area contributed by atoms with Gasteiger partial charge in [0.15, 0.2) is 5.79 Å². The van der Waals surface area contributed by atoms with Crippen LogP contribution in [0.25, 0.3) is 0 Å². The maximum absolute atomic E-state index is 12.1. The van der Waals surface area contributed by atoms with E-state index < -0.39 is 0 Å². The Labute approximate surface area is 115 Å². The Kier molecular flexibility index (Phi) is 4.08. The number of ether oxygens (including phenoxy) is 2. The molecule has 0 aromatic carbocycles. The first-order chi connectivity index (χ1) is 9.27. The van der Waals surface area contributed by atoms with Crippen LogP contribution >= 0.6 is 0 Å². The molecule has 3 aliphatic rings. The second kappa shape index (κ2) is 5.80. The fourth-order valence-electron chi connectivity index (χ4n) is 3.62. The minimum Gasteiger partial charge on any atom is -0.353 e. The molecule has 1 saturated heterocycles. The standard InChI is InChI=1S/C15H25NO3/c17-14(12-6-2-1-3-7-12)16-10-13-11-18-15(19-13)8-4-5-9-15/h12-13H,1-11H2,(H,16,17)/t13-/m0/s1. The van der Waals surface area contributed by atoms with Crippen molar-refractivity contribution in [1.29, 1.82) is 0 Å². The summed E-state index contributed by atoms with van der Waals surface area (Å²) in [7, 11) is 0. The van der Waals surface area contributed by atoms with Gasteiger partial charge in [0.25, 0.3) is 0 Å². The largest absolute Gasteiger partial charge is 0.353 e. The van der Waals surface area contributed by atoms with Gasteiger partial charge in [-0.3, -0.25) is 4.79 Å². The smallest absolute Gasteiger partial charge is 0.223 e. The van der Waals surface area contributed by atoms with Crippen LogP contribution in [0.2, 0.25) is 0 Å². The highest BCUT2D eigenvalue weighted by molar-refractivity contribution is 5.78. The fourth-order valence-corrected chi connectivity index (χ4v) is 3.62. The third kappa shape index (κ3) is 3.11. The van der Waals surface area contributed by atoms with Crippen LogP contribution in [0, 0.1) is 5.92 Å². The number of carbonyl (C=O) groups excluding carboxylic acids is 1. The van der Waals surface area contributed by atoms with Gasteiger partial charge < -0.3 is 14.8 Å². The van der Waals surface area contributed by atoms with E-state index in [-0.39, 0.29) is 23.7 Å². The van der Waals surface area contributed by atoms with Crippen molar-refractivity contribution in [2.45, 2.75) is 69.7 Å². The van der Waals surface area contributed by atoms with Crippen LogP contribution in [0.15, 0.2) is 0 Å². The summed E-state index contributed by atoms with van der Waals surface area (Å²) in [5, 5.41) is 3.06. The zero-order valence-electron chi connectivity index (χ0n) is 11.7. The Hall–Kier alpha value is -0.610. The fraction of sp³-hybridized carbons (Fsp3) is 0.933. The van der Waals surface area contributed by atoms with E-state index in [1.54, 1.807) is 0 Å². The van der Waals surface area contributed by atoms with Gasteiger partial charge in [-0.2, -0.15) is 0 Å². The quantitative estimate of drug-likeness (QED) is 0.854. The van der Waals surface area contributed by atoms with E-state index in [2.05, 4.69) is 5.32 Å². The van der Waals surface area contributed by atoms with Crippen LogP contribution in [-0.4, -0.2) is 30.9 Å². The molecule has 19 heavy (non-hydrogen) atoms. The first kappa shape index (κ1) is 13.4. The molecule has 0 unspecified atom stereocenters. The molecule has 1 atom stereocenters. The second-order valence-corrected chi connectivity index (χ2v) is 6.25. The number of hydrogen-bond acceptors (Lipinski definition) is 3. The molecule has 0 radical (unpaired) electrons. The van der Waals surface area contributed by atoms with E-state index in [9.17, 15) is 4.79 Å². The maximum atomic E-state index is 12.1. The Morgan fingerprint density at radius 3 is 2.58 bits per heavy atom. The lowest BCUT2D eigenvalue weighted by Gasteiger charge is -2.23. The molecule has 3 fully saturated rings. The first-order valence-corrected chi connectivity index (χ1v) is 7.87. The molecule has 1 heterocycles. The van der Waals surface area contributed by atoms with Gasteiger partial charge in [0.1, 0.15) is 6.10 Å². The molecule has 108 valence electrons. The number of hydrogen-bond donors (Lipinski definition) is 1. The average molecular weight is 267 g/mol. The Morgan fingerprint density at radius 2 is 1.84 bits per heavy atom. The molecule has 0 aromatic rings. The Balaban J connectivity index is 1.41. The van der Waals surface area contributed by atoms with Gasteiger partial charge in [0.05, 0.1) is 6.61 Å². The van der Waals surface area contributed by atoms with Gasteiger partial charge in [-0.15, -0.1) is 0 Å². The van der Waals surface area contributed by atoms with Crippen LogP contribution in [0.3, 0.4) is 0 Å². The van der Waals surface area contributed by atoms with Crippen molar-refractivity contribution in [3.05, 3.63) is 0 Å². The molecule has 1 aliphatic heterocycles. The summed E-state index contributed by atoms with van der Waals surface area (Å²) >= 11 is 0. The SMILES string of the molecule is O=C(NC[C@H]1COC2(CCCC2)O1)C1CCCCC1. The lowest BCUT2D eigenvalue weighted by Crippen LogP contribution is -2.38. The van der Waals surface area contributed by atoms with Crippen LogP contribution < -0.4 is 5.32 Å². The Morgan fingerprint density at radius 1 is 1.11 bits per heavy atom. The molecule has 0 aromatic heterocycles. The molecule has 2 saturated carbocycles. The molecule has 1 amide bonds. The summed E-state index contributed by atoms with van der Waals surface area (Å²) in [5.74, 6) is 0.146. The third-order valence-corrected chi connectivity index (χ3v) is 4.76. The van der Waals surface area contributed by atoms with Crippen molar-refractivity contribution in [1.82, 2.24) is 5.32 Å². The third-order valence-electron chi connectivity index (χ3n) is 4.76. The molecule has 2 aliphatic carbocycles. The van der Waals surface area contributed by atoms with Crippen molar-refractivity contribution in [2.75, 3.05) is 13.2 Å². The normalized spacial score (nSPS) is 30.8. The monoisotopic (exact) mass is 267 g/mol. The summed E-state index contributed by atoms with van der Waals surface area (Å²) in [5.41, 5.74) is 0. The van der Waals surface area contributed by atoms with E-state index in [4.69, 9.17) is 9.47 Å². The summed E-state index contributed by atoms with van der Waals surface area (Å²) < 4.78 is 11.8. The van der Waals surface area contributed by atoms with Crippen molar-refractivity contribution in [3.63, 3.8) is 0 Å². The van der Waals surface area contributed by atoms with Gasteiger partial charge in [0, 0.05) is 25.3 Å². The highest BCUT2D eigenvalue weighted by Gasteiger charge is 2.43. The van der Waals surface area contributed by atoms with Crippen molar-refractivity contribution in [3.8, 4) is 0 Å². The molecular formula is C15H25NO3. The Bertz CT molecular complexity index is 319.